The summed E-state index contributed by atoms with van der Waals surface area (Å²) in [6.45, 7) is 0.558. The summed E-state index contributed by atoms with van der Waals surface area (Å²) >= 11 is 0. The molecule has 2 aromatic rings. The lowest BCUT2D eigenvalue weighted by molar-refractivity contribution is -0.135. The van der Waals surface area contributed by atoms with E-state index in [0.717, 1.165) is 16.2 Å². The van der Waals surface area contributed by atoms with Crippen LogP contribution < -0.4 is 9.64 Å². The van der Waals surface area contributed by atoms with Crippen molar-refractivity contribution in [2.24, 2.45) is 4.99 Å². The topological polar surface area (TPSA) is 140 Å². The Bertz CT molecular complexity index is 1660. The molecule has 0 aromatic heterocycles. The Labute approximate surface area is 290 Å². The zero-order valence-electron chi connectivity index (χ0n) is 28.0. The van der Waals surface area contributed by atoms with Gasteiger partial charge in [-0.15, -0.1) is 0 Å². The molecule has 12 nitrogen and oxygen atoms in total. The smallest absolute Gasteiger partial charge is 0.315 e. The average Bonchev–Trinajstić information content (AvgIpc) is 3.20. The van der Waals surface area contributed by atoms with E-state index in [2.05, 4.69) is 4.99 Å². The molecule has 1 N–H and O–H groups in total. The Morgan fingerprint density at radius 1 is 0.765 bits per heavy atom. The standard InChI is InChI=1S/C34H38F5N5O7/c1-33(2)24-5-3-4-6-26(24)44(14-13-41(9-7-27(35)46)10-8-28(36)47)34(33)21-40-25-16-23(45)15-22(32(25)51-34)17-42(18-29(37)48)11-12-43(19-30(38)49)20-31(39)50/h3-6,15-16,21,45H,7-14,17-20H2,1-2H3. The van der Waals surface area contributed by atoms with Gasteiger partial charge in [0.25, 0.3) is 0 Å². The Hall–Kier alpha value is -4.61. The zero-order chi connectivity index (χ0) is 37.5. The van der Waals surface area contributed by atoms with E-state index in [9.17, 15) is 51.0 Å². The number of para-hydroxylation sites is 1. The van der Waals surface area contributed by atoms with E-state index in [1.807, 2.05) is 43.0 Å². The van der Waals surface area contributed by atoms with Crippen LogP contribution in [0.2, 0.25) is 0 Å². The van der Waals surface area contributed by atoms with Gasteiger partial charge in [0.1, 0.15) is 11.4 Å². The number of rotatable bonds is 20. The van der Waals surface area contributed by atoms with Gasteiger partial charge in [-0.3, -0.25) is 38.8 Å². The van der Waals surface area contributed by atoms with Crippen LogP contribution in [0.25, 0.3) is 0 Å². The molecule has 276 valence electrons. The molecule has 0 saturated heterocycles. The highest BCUT2D eigenvalue weighted by atomic mass is 19.2. The van der Waals surface area contributed by atoms with E-state index in [4.69, 9.17) is 4.74 Å². The SMILES string of the molecule is CC1(C)c2ccccc2N(CCN(CCC(=O)F)CCC(=O)F)C12C=Nc1cc(O)cc(CN(CCN(CC(=O)F)CC(=O)F)CC(=O)F)c1O2. The van der Waals surface area contributed by atoms with E-state index < -0.39 is 73.8 Å². The molecule has 1 spiro atoms. The highest BCUT2D eigenvalue weighted by Gasteiger charge is 2.59. The van der Waals surface area contributed by atoms with E-state index in [1.54, 1.807) is 11.1 Å². The number of halogens is 5. The lowest BCUT2D eigenvalue weighted by atomic mass is 9.77. The Morgan fingerprint density at radius 3 is 1.92 bits per heavy atom. The van der Waals surface area contributed by atoms with Crippen molar-refractivity contribution in [2.75, 3.05) is 63.8 Å². The fourth-order valence-electron chi connectivity index (χ4n) is 6.52. The summed E-state index contributed by atoms with van der Waals surface area (Å²) in [5, 5.41) is 10.6. The molecule has 0 saturated carbocycles. The molecule has 2 aromatic carbocycles. The van der Waals surface area contributed by atoms with Gasteiger partial charge >= 0.3 is 30.2 Å². The highest BCUT2D eigenvalue weighted by Crippen LogP contribution is 2.55. The lowest BCUT2D eigenvalue weighted by Gasteiger charge is -2.47. The van der Waals surface area contributed by atoms with Gasteiger partial charge in [-0.25, -0.2) is 0 Å². The Kier molecular flexibility index (Phi) is 12.8. The van der Waals surface area contributed by atoms with Crippen molar-refractivity contribution in [1.82, 2.24) is 14.7 Å². The molecule has 2 heterocycles. The van der Waals surface area contributed by atoms with Crippen molar-refractivity contribution in [1.29, 1.82) is 0 Å². The number of ether oxygens (including phenoxy) is 1. The summed E-state index contributed by atoms with van der Waals surface area (Å²) in [6.07, 6.45) is 0.632. The van der Waals surface area contributed by atoms with Gasteiger partial charge in [0.05, 0.1) is 44.1 Å². The molecule has 0 amide bonds. The van der Waals surface area contributed by atoms with Gasteiger partial charge < -0.3 is 19.6 Å². The van der Waals surface area contributed by atoms with Crippen LogP contribution in [0.3, 0.4) is 0 Å². The Morgan fingerprint density at radius 2 is 1.33 bits per heavy atom. The summed E-state index contributed by atoms with van der Waals surface area (Å²) < 4.78 is 73.2. The molecule has 1 atom stereocenters. The number of carbonyl (C=O) groups is 5. The lowest BCUT2D eigenvalue weighted by Crippen LogP contribution is -2.63. The van der Waals surface area contributed by atoms with Gasteiger partial charge in [-0.2, -0.15) is 22.0 Å². The number of phenols is 1. The van der Waals surface area contributed by atoms with Crippen molar-refractivity contribution < 1.29 is 55.8 Å². The molecule has 0 aliphatic carbocycles. The number of aliphatic imine (C=N–C) groups is 1. The molecular formula is C34H38F5N5O7. The number of hydrogen-bond donors (Lipinski definition) is 1. The minimum Gasteiger partial charge on any atom is -0.508 e. The maximum absolute atomic E-state index is 13.8. The minimum atomic E-state index is -1.83. The molecule has 4 rings (SSSR count). The number of anilines is 1. The molecule has 51 heavy (non-hydrogen) atoms. The molecule has 17 heteroatoms. The summed E-state index contributed by atoms with van der Waals surface area (Å²) in [5.74, 6) is -0.0962. The molecule has 1 unspecified atom stereocenters. The third-order valence-corrected chi connectivity index (χ3v) is 8.99. The van der Waals surface area contributed by atoms with Gasteiger partial charge in [-0.1, -0.05) is 18.2 Å². The maximum atomic E-state index is 13.8. The van der Waals surface area contributed by atoms with Crippen LogP contribution in [-0.4, -0.2) is 121 Å². The third-order valence-electron chi connectivity index (χ3n) is 8.99. The summed E-state index contributed by atoms with van der Waals surface area (Å²) in [6, 6.07) is 1.51. The predicted octanol–water partition coefficient (Wildman–Crippen LogP) is 3.65. The largest absolute Gasteiger partial charge is 0.508 e. The highest BCUT2D eigenvalue weighted by molar-refractivity contribution is 5.89. The fraction of sp³-hybridized carbons (Fsp3) is 0.471. The summed E-state index contributed by atoms with van der Waals surface area (Å²) in [5.41, 5.74) is -0.219. The van der Waals surface area contributed by atoms with E-state index in [1.165, 1.54) is 17.0 Å². The number of benzene rings is 2. The monoisotopic (exact) mass is 723 g/mol. The second-order valence-electron chi connectivity index (χ2n) is 12.8. The first-order valence-electron chi connectivity index (χ1n) is 16.1. The van der Waals surface area contributed by atoms with Crippen LogP contribution in [0.1, 0.15) is 37.8 Å². The van der Waals surface area contributed by atoms with Gasteiger partial charge in [0, 0.05) is 63.1 Å². The number of fused-ring (bicyclic) bond motifs is 2. The van der Waals surface area contributed by atoms with Crippen molar-refractivity contribution in [3.05, 3.63) is 47.5 Å². The van der Waals surface area contributed by atoms with E-state index in [0.29, 0.717) is 0 Å². The number of carbonyl (C=O) groups excluding carboxylic acids is 5. The first kappa shape index (κ1) is 39.2. The van der Waals surface area contributed by atoms with Crippen molar-refractivity contribution >= 4 is 47.8 Å². The van der Waals surface area contributed by atoms with E-state index >= 15 is 0 Å². The third kappa shape index (κ3) is 9.59. The van der Waals surface area contributed by atoms with Gasteiger partial charge in [-0.05, 0) is 31.5 Å². The van der Waals surface area contributed by atoms with Gasteiger partial charge in [0.2, 0.25) is 5.72 Å². The van der Waals surface area contributed by atoms with Crippen LogP contribution in [0.5, 0.6) is 11.5 Å². The quantitative estimate of drug-likeness (QED) is 0.158. The summed E-state index contributed by atoms with van der Waals surface area (Å²) in [7, 11) is 0. The Balaban J connectivity index is 1.69. The van der Waals surface area contributed by atoms with Crippen LogP contribution >= 0.6 is 0 Å². The predicted molar refractivity (Wildman–Crippen MR) is 174 cm³/mol. The second kappa shape index (κ2) is 16.6. The van der Waals surface area contributed by atoms with E-state index in [-0.39, 0.29) is 68.6 Å². The second-order valence-corrected chi connectivity index (χ2v) is 12.8. The molecule has 0 radical (unpaired) electrons. The van der Waals surface area contributed by atoms with Crippen LogP contribution in [0, 0.1) is 0 Å². The first-order valence-corrected chi connectivity index (χ1v) is 16.1. The molecule has 0 fully saturated rings. The van der Waals surface area contributed by atoms with Crippen LogP contribution in [-0.2, 0) is 35.9 Å². The van der Waals surface area contributed by atoms with Crippen LogP contribution in [0.15, 0.2) is 41.4 Å². The maximum Gasteiger partial charge on any atom is 0.315 e. The molecule has 2 aliphatic rings. The first-order chi connectivity index (χ1) is 24.0. The summed E-state index contributed by atoms with van der Waals surface area (Å²) in [4.78, 5) is 66.1. The number of phenolic OH excluding ortho intramolecular Hbond substituents is 1. The van der Waals surface area contributed by atoms with Crippen molar-refractivity contribution in [2.45, 2.75) is 44.4 Å². The molecule has 2 aliphatic heterocycles. The fourth-order valence-corrected chi connectivity index (χ4v) is 6.52. The molecule has 0 bridgehead atoms. The number of nitrogens with zero attached hydrogens (tertiary/aromatic N) is 5. The number of hydrogen-bond acceptors (Lipinski definition) is 12. The molecular weight excluding hydrogens is 685 g/mol. The normalized spacial score (nSPS) is 17.2. The van der Waals surface area contributed by atoms with Crippen LogP contribution in [0.4, 0.5) is 33.3 Å². The number of aromatic hydroxyl groups is 1. The van der Waals surface area contributed by atoms with Crippen molar-refractivity contribution in [3.8, 4) is 11.5 Å². The van der Waals surface area contributed by atoms with Crippen molar-refractivity contribution in [3.63, 3.8) is 0 Å². The average molecular weight is 724 g/mol. The minimum absolute atomic E-state index is 0.0742. The van der Waals surface area contributed by atoms with Gasteiger partial charge in [0.15, 0.2) is 5.75 Å². The zero-order valence-corrected chi connectivity index (χ0v) is 28.0.